The van der Waals surface area contributed by atoms with Crippen molar-refractivity contribution >= 4 is 8.32 Å². The molecule has 0 saturated heterocycles. The first kappa shape index (κ1) is 14.7. The fourth-order valence-corrected chi connectivity index (χ4v) is 1.91. The van der Waals surface area contributed by atoms with E-state index in [1.807, 2.05) is 6.08 Å². The van der Waals surface area contributed by atoms with Gasteiger partial charge in [0.2, 0.25) is 0 Å². The highest BCUT2D eigenvalue weighted by Crippen LogP contribution is 2.36. The predicted octanol–water partition coefficient (Wildman–Crippen LogP) is 4.53. The van der Waals surface area contributed by atoms with Crippen molar-refractivity contribution in [2.45, 2.75) is 52.2 Å². The molecule has 88 valence electrons. The maximum absolute atomic E-state index is 6.12. The van der Waals surface area contributed by atoms with Gasteiger partial charge >= 0.3 is 0 Å². The van der Waals surface area contributed by atoms with Crippen LogP contribution in [0.3, 0.4) is 0 Å². The third-order valence-electron chi connectivity index (χ3n) is 3.24. The first-order valence-corrected chi connectivity index (χ1v) is 8.54. The van der Waals surface area contributed by atoms with Gasteiger partial charge in [-0.3, -0.25) is 0 Å². The molecule has 0 amide bonds. The van der Waals surface area contributed by atoms with E-state index >= 15 is 0 Å². The normalized spacial score (nSPS) is 14.1. The molecule has 0 spiro atoms. The minimum Gasteiger partial charge on any atom is -0.413 e. The van der Waals surface area contributed by atoms with Gasteiger partial charge in [-0.15, -0.1) is 6.58 Å². The van der Waals surface area contributed by atoms with Crippen molar-refractivity contribution in [1.29, 1.82) is 0 Å². The highest BCUT2D eigenvalue weighted by atomic mass is 28.4. The standard InChI is InChI=1S/C13H26OSi/c1-8-10-12(9-2)11-14-15(6,7)13(3,4)5/h8-9H,1,10-11H2,2-7H3/b12-9+. The smallest absolute Gasteiger partial charge is 0.192 e. The molecule has 0 atom stereocenters. The van der Waals surface area contributed by atoms with E-state index in [0.717, 1.165) is 13.0 Å². The topological polar surface area (TPSA) is 9.23 Å². The lowest BCUT2D eigenvalue weighted by Crippen LogP contribution is -2.41. The molecule has 0 N–H and O–H groups in total. The van der Waals surface area contributed by atoms with E-state index in [1.165, 1.54) is 5.57 Å². The van der Waals surface area contributed by atoms with Crippen molar-refractivity contribution in [3.05, 3.63) is 24.3 Å². The second-order valence-electron chi connectivity index (χ2n) is 5.49. The van der Waals surface area contributed by atoms with Gasteiger partial charge < -0.3 is 4.43 Å². The Labute approximate surface area is 96.4 Å². The van der Waals surface area contributed by atoms with Crippen LogP contribution in [0.25, 0.3) is 0 Å². The molecule has 0 aliphatic carbocycles. The van der Waals surface area contributed by atoms with E-state index in [9.17, 15) is 0 Å². The Bertz CT molecular complexity index is 233. The Hall–Kier alpha value is -0.343. The molecular weight excluding hydrogens is 200 g/mol. The monoisotopic (exact) mass is 226 g/mol. The molecule has 15 heavy (non-hydrogen) atoms. The second kappa shape index (κ2) is 5.66. The minimum absolute atomic E-state index is 0.292. The maximum Gasteiger partial charge on any atom is 0.192 e. The van der Waals surface area contributed by atoms with Crippen LogP contribution in [-0.2, 0) is 4.43 Å². The zero-order valence-corrected chi connectivity index (χ0v) is 12.2. The van der Waals surface area contributed by atoms with Gasteiger partial charge in [0.1, 0.15) is 0 Å². The van der Waals surface area contributed by atoms with E-state index in [-0.39, 0.29) is 0 Å². The molecule has 0 aromatic heterocycles. The summed E-state index contributed by atoms with van der Waals surface area (Å²) in [6.07, 6.45) is 5.00. The number of allylic oxidation sites excluding steroid dienone is 2. The second-order valence-corrected chi connectivity index (χ2v) is 10.3. The molecule has 0 unspecified atom stereocenters. The summed E-state index contributed by atoms with van der Waals surface area (Å²) in [5.41, 5.74) is 1.33. The summed E-state index contributed by atoms with van der Waals surface area (Å²) in [6, 6.07) is 0. The summed E-state index contributed by atoms with van der Waals surface area (Å²) in [4.78, 5) is 0. The van der Waals surface area contributed by atoms with E-state index in [4.69, 9.17) is 4.43 Å². The van der Waals surface area contributed by atoms with Gasteiger partial charge in [0.25, 0.3) is 0 Å². The molecule has 2 heteroatoms. The Morgan fingerprint density at radius 1 is 1.33 bits per heavy atom. The van der Waals surface area contributed by atoms with Crippen LogP contribution in [0.5, 0.6) is 0 Å². The van der Waals surface area contributed by atoms with Crippen LogP contribution in [0.15, 0.2) is 24.3 Å². The van der Waals surface area contributed by atoms with Crippen LogP contribution in [0.1, 0.15) is 34.1 Å². The van der Waals surface area contributed by atoms with Crippen LogP contribution in [0.2, 0.25) is 18.1 Å². The van der Waals surface area contributed by atoms with E-state index in [0.29, 0.717) is 5.04 Å². The Kier molecular flexibility index (Phi) is 5.53. The predicted molar refractivity (Wildman–Crippen MR) is 71.7 cm³/mol. The summed E-state index contributed by atoms with van der Waals surface area (Å²) in [5, 5.41) is 0.292. The summed E-state index contributed by atoms with van der Waals surface area (Å²) in [6.45, 7) is 18.0. The van der Waals surface area contributed by atoms with Gasteiger partial charge in [-0.1, -0.05) is 32.9 Å². The first-order valence-electron chi connectivity index (χ1n) is 5.63. The molecule has 0 fully saturated rings. The average molecular weight is 226 g/mol. The average Bonchev–Trinajstić information content (AvgIpc) is 2.10. The number of hydrogen-bond acceptors (Lipinski definition) is 1. The molecule has 0 bridgehead atoms. The largest absolute Gasteiger partial charge is 0.413 e. The van der Waals surface area contributed by atoms with Crippen molar-refractivity contribution in [3.8, 4) is 0 Å². The molecule has 0 rings (SSSR count). The number of rotatable bonds is 5. The first-order chi connectivity index (χ1) is 6.74. The Morgan fingerprint density at radius 3 is 2.20 bits per heavy atom. The fraction of sp³-hybridized carbons (Fsp3) is 0.692. The quantitative estimate of drug-likeness (QED) is 0.494. The van der Waals surface area contributed by atoms with Gasteiger partial charge in [-0.25, -0.2) is 0 Å². The number of hydrogen-bond donors (Lipinski definition) is 0. The highest BCUT2D eigenvalue weighted by molar-refractivity contribution is 6.74. The van der Waals surface area contributed by atoms with E-state index in [1.54, 1.807) is 0 Å². The maximum atomic E-state index is 6.12. The molecule has 1 nitrogen and oxygen atoms in total. The molecule has 0 saturated carbocycles. The van der Waals surface area contributed by atoms with Gasteiger partial charge in [0.15, 0.2) is 8.32 Å². The van der Waals surface area contributed by atoms with Crippen molar-refractivity contribution < 1.29 is 4.43 Å². The van der Waals surface area contributed by atoms with Crippen molar-refractivity contribution in [1.82, 2.24) is 0 Å². The van der Waals surface area contributed by atoms with E-state index < -0.39 is 8.32 Å². The van der Waals surface area contributed by atoms with Crippen molar-refractivity contribution in [2.75, 3.05) is 6.61 Å². The summed E-state index contributed by atoms with van der Waals surface area (Å²) < 4.78 is 6.12. The molecule has 0 radical (unpaired) electrons. The van der Waals surface area contributed by atoms with Gasteiger partial charge in [0.05, 0.1) is 6.61 Å². The molecule has 0 aromatic rings. The molecule has 0 heterocycles. The minimum atomic E-state index is -1.59. The lowest BCUT2D eigenvalue weighted by Gasteiger charge is -2.36. The molecule has 0 aromatic carbocycles. The van der Waals surface area contributed by atoms with Crippen LogP contribution < -0.4 is 0 Å². The van der Waals surface area contributed by atoms with Crippen LogP contribution in [0.4, 0.5) is 0 Å². The van der Waals surface area contributed by atoms with Gasteiger partial charge in [-0.2, -0.15) is 0 Å². The Balaban J connectivity index is 4.31. The van der Waals surface area contributed by atoms with Crippen molar-refractivity contribution in [3.63, 3.8) is 0 Å². The third kappa shape index (κ3) is 4.80. The summed E-state index contributed by atoms with van der Waals surface area (Å²) >= 11 is 0. The van der Waals surface area contributed by atoms with Gasteiger partial charge in [-0.05, 0) is 37.0 Å². The Morgan fingerprint density at radius 2 is 1.87 bits per heavy atom. The zero-order valence-electron chi connectivity index (χ0n) is 11.2. The fourth-order valence-electron chi connectivity index (χ4n) is 0.935. The van der Waals surface area contributed by atoms with Crippen LogP contribution >= 0.6 is 0 Å². The summed E-state index contributed by atoms with van der Waals surface area (Å²) in [5.74, 6) is 0. The van der Waals surface area contributed by atoms with Crippen LogP contribution in [0, 0.1) is 0 Å². The third-order valence-corrected chi connectivity index (χ3v) is 7.72. The lowest BCUT2D eigenvalue weighted by atomic mass is 10.2. The van der Waals surface area contributed by atoms with Crippen molar-refractivity contribution in [2.24, 2.45) is 0 Å². The lowest BCUT2D eigenvalue weighted by molar-refractivity contribution is 0.316. The summed E-state index contributed by atoms with van der Waals surface area (Å²) in [7, 11) is -1.59. The zero-order chi connectivity index (χ0) is 12.1. The highest BCUT2D eigenvalue weighted by Gasteiger charge is 2.36. The molecule has 0 aliphatic heterocycles. The van der Waals surface area contributed by atoms with Crippen LogP contribution in [-0.4, -0.2) is 14.9 Å². The van der Waals surface area contributed by atoms with Gasteiger partial charge in [0, 0.05) is 0 Å². The SMILES string of the molecule is C=CC/C(=C\C)CO[Si](C)(C)C(C)(C)C. The van der Waals surface area contributed by atoms with E-state index in [2.05, 4.69) is 53.4 Å². The molecule has 0 aliphatic rings. The molecular formula is C13H26OSi.